The third-order valence-electron chi connectivity index (χ3n) is 5.29. The number of hydrogen-bond acceptors (Lipinski definition) is 3. The third kappa shape index (κ3) is 3.99. The average Bonchev–Trinajstić information content (AvgIpc) is 3.06. The van der Waals surface area contributed by atoms with E-state index in [4.69, 9.17) is 4.74 Å². The monoisotopic (exact) mass is 351 g/mol. The van der Waals surface area contributed by atoms with E-state index in [-0.39, 0.29) is 5.69 Å². The van der Waals surface area contributed by atoms with Crippen LogP contribution in [-0.2, 0) is 0 Å². The van der Waals surface area contributed by atoms with Crippen LogP contribution in [0.15, 0.2) is 53.3 Å². The maximum absolute atomic E-state index is 11.3. The first-order chi connectivity index (χ1) is 12.8. The molecule has 1 aromatic heterocycles. The highest BCUT2D eigenvalue weighted by molar-refractivity contribution is 5.75. The van der Waals surface area contributed by atoms with E-state index in [9.17, 15) is 4.79 Å². The van der Waals surface area contributed by atoms with Crippen LogP contribution >= 0.6 is 0 Å². The number of aromatic amines is 2. The fourth-order valence-corrected chi connectivity index (χ4v) is 3.89. The van der Waals surface area contributed by atoms with Gasteiger partial charge in [-0.3, -0.25) is 0 Å². The Bertz CT molecular complexity index is 892. The van der Waals surface area contributed by atoms with Crippen molar-refractivity contribution >= 4 is 11.0 Å². The highest BCUT2D eigenvalue weighted by atomic mass is 16.5. The predicted molar refractivity (Wildman–Crippen MR) is 104 cm³/mol. The van der Waals surface area contributed by atoms with Crippen LogP contribution in [0.4, 0.5) is 0 Å². The molecular weight excluding hydrogens is 326 g/mol. The number of H-pyrrole nitrogens is 2. The molecule has 3 N–H and O–H groups in total. The molecule has 3 aromatic rings. The molecule has 0 bridgehead atoms. The van der Waals surface area contributed by atoms with Crippen LogP contribution in [0.3, 0.4) is 0 Å². The molecule has 1 aliphatic carbocycles. The highest BCUT2D eigenvalue weighted by Crippen LogP contribution is 2.32. The Morgan fingerprint density at radius 1 is 0.962 bits per heavy atom. The van der Waals surface area contributed by atoms with Gasteiger partial charge in [0, 0.05) is 18.7 Å². The van der Waals surface area contributed by atoms with Crippen LogP contribution in [0.2, 0.25) is 0 Å². The van der Waals surface area contributed by atoms with Crippen LogP contribution < -0.4 is 15.7 Å². The minimum absolute atomic E-state index is 0.190. The Balaban J connectivity index is 1.20. The van der Waals surface area contributed by atoms with Crippen LogP contribution in [0.25, 0.3) is 11.0 Å². The molecule has 1 saturated carbocycles. The van der Waals surface area contributed by atoms with Gasteiger partial charge < -0.3 is 20.0 Å². The van der Waals surface area contributed by atoms with Gasteiger partial charge in [0.1, 0.15) is 12.4 Å². The van der Waals surface area contributed by atoms with E-state index in [2.05, 4.69) is 45.6 Å². The average molecular weight is 351 g/mol. The van der Waals surface area contributed by atoms with Crippen LogP contribution in [0.1, 0.15) is 37.2 Å². The van der Waals surface area contributed by atoms with E-state index in [0.29, 0.717) is 18.6 Å². The minimum Gasteiger partial charge on any atom is -0.492 e. The van der Waals surface area contributed by atoms with Crippen molar-refractivity contribution in [3.05, 3.63) is 64.6 Å². The summed E-state index contributed by atoms with van der Waals surface area (Å²) in [6.45, 7) is 1.46. The maximum atomic E-state index is 11.3. The maximum Gasteiger partial charge on any atom is 0.323 e. The van der Waals surface area contributed by atoms with E-state index < -0.39 is 0 Å². The molecule has 0 radical (unpaired) electrons. The summed E-state index contributed by atoms with van der Waals surface area (Å²) in [5, 5.41) is 3.62. The van der Waals surface area contributed by atoms with Crippen molar-refractivity contribution in [3.63, 3.8) is 0 Å². The lowest BCUT2D eigenvalue weighted by Crippen LogP contribution is -2.35. The van der Waals surface area contributed by atoms with Crippen LogP contribution in [-0.4, -0.2) is 29.2 Å². The van der Waals surface area contributed by atoms with Gasteiger partial charge in [-0.05, 0) is 49.3 Å². The van der Waals surface area contributed by atoms with Gasteiger partial charge in [-0.1, -0.05) is 30.3 Å². The van der Waals surface area contributed by atoms with E-state index in [0.717, 1.165) is 23.3 Å². The normalized spacial score (nSPS) is 20.3. The van der Waals surface area contributed by atoms with Crippen molar-refractivity contribution in [1.82, 2.24) is 15.3 Å². The Kier molecular flexibility index (Phi) is 5.07. The van der Waals surface area contributed by atoms with Gasteiger partial charge in [-0.2, -0.15) is 0 Å². The molecule has 4 rings (SSSR count). The quantitative estimate of drug-likeness (QED) is 0.595. The van der Waals surface area contributed by atoms with Crippen LogP contribution in [0.5, 0.6) is 5.75 Å². The van der Waals surface area contributed by atoms with Gasteiger partial charge >= 0.3 is 5.69 Å². The smallest absolute Gasteiger partial charge is 0.323 e. The van der Waals surface area contributed by atoms with Crippen molar-refractivity contribution < 1.29 is 4.74 Å². The van der Waals surface area contributed by atoms with Gasteiger partial charge in [0.2, 0.25) is 0 Å². The van der Waals surface area contributed by atoms with Crippen molar-refractivity contribution in [3.8, 4) is 5.75 Å². The van der Waals surface area contributed by atoms with E-state index in [1.54, 1.807) is 0 Å². The molecule has 5 heteroatoms. The third-order valence-corrected chi connectivity index (χ3v) is 5.29. The molecule has 0 saturated heterocycles. The lowest BCUT2D eigenvalue weighted by molar-refractivity contribution is 0.283. The molecule has 1 heterocycles. The first-order valence-electron chi connectivity index (χ1n) is 9.41. The standard InChI is InChI=1S/C21H25N3O2/c25-21-23-19-11-10-18(14-20(19)24-21)26-13-12-22-17-8-6-16(7-9-17)15-4-2-1-3-5-15/h1-5,10-11,14,16-17,22H,6-9,12-13H2,(H2,23,24,25)/t16-,17+. The lowest BCUT2D eigenvalue weighted by atomic mass is 9.82. The Morgan fingerprint density at radius 3 is 2.54 bits per heavy atom. The van der Waals surface area contributed by atoms with Gasteiger partial charge in [-0.15, -0.1) is 0 Å². The van der Waals surface area contributed by atoms with Crippen molar-refractivity contribution in [1.29, 1.82) is 0 Å². The fraction of sp³-hybridized carbons (Fsp3) is 0.381. The van der Waals surface area contributed by atoms with Gasteiger partial charge in [0.05, 0.1) is 11.0 Å². The number of fused-ring (bicyclic) bond motifs is 1. The fourth-order valence-electron chi connectivity index (χ4n) is 3.89. The zero-order chi connectivity index (χ0) is 17.8. The van der Waals surface area contributed by atoms with Gasteiger partial charge in [0.25, 0.3) is 0 Å². The largest absolute Gasteiger partial charge is 0.492 e. The number of imidazole rings is 1. The SMILES string of the molecule is O=c1[nH]c2ccc(OCCN[C@H]3CC[C@@H](c4ccccc4)CC3)cc2[nH]1. The predicted octanol–water partition coefficient (Wildman–Crippen LogP) is 3.55. The van der Waals surface area contributed by atoms with Crippen molar-refractivity contribution in [2.45, 2.75) is 37.6 Å². The molecule has 1 fully saturated rings. The van der Waals surface area contributed by atoms with E-state index in [1.165, 1.54) is 31.2 Å². The molecule has 0 spiro atoms. The minimum atomic E-state index is -0.190. The first-order valence-corrected chi connectivity index (χ1v) is 9.41. The molecule has 1 aliphatic rings. The molecule has 0 unspecified atom stereocenters. The lowest BCUT2D eigenvalue weighted by Gasteiger charge is -2.29. The Morgan fingerprint density at radius 2 is 1.73 bits per heavy atom. The second kappa shape index (κ2) is 7.79. The van der Waals surface area contributed by atoms with E-state index >= 15 is 0 Å². The molecule has 0 amide bonds. The summed E-state index contributed by atoms with van der Waals surface area (Å²) < 4.78 is 5.81. The molecule has 0 atom stereocenters. The summed E-state index contributed by atoms with van der Waals surface area (Å²) in [6, 6.07) is 17.1. The summed E-state index contributed by atoms with van der Waals surface area (Å²) in [4.78, 5) is 16.8. The van der Waals surface area contributed by atoms with Crippen molar-refractivity contribution in [2.24, 2.45) is 0 Å². The Labute approximate surface area is 152 Å². The molecule has 5 nitrogen and oxygen atoms in total. The number of benzene rings is 2. The summed E-state index contributed by atoms with van der Waals surface area (Å²) >= 11 is 0. The highest BCUT2D eigenvalue weighted by Gasteiger charge is 2.21. The molecule has 2 aromatic carbocycles. The summed E-state index contributed by atoms with van der Waals surface area (Å²) in [5.41, 5.74) is 2.87. The molecule has 26 heavy (non-hydrogen) atoms. The second-order valence-electron chi connectivity index (χ2n) is 7.05. The second-order valence-corrected chi connectivity index (χ2v) is 7.05. The van der Waals surface area contributed by atoms with Crippen LogP contribution in [0, 0.1) is 0 Å². The zero-order valence-corrected chi connectivity index (χ0v) is 14.8. The molecule has 0 aliphatic heterocycles. The zero-order valence-electron chi connectivity index (χ0n) is 14.8. The number of rotatable bonds is 6. The first kappa shape index (κ1) is 16.9. The summed E-state index contributed by atoms with van der Waals surface area (Å²) in [6.07, 6.45) is 4.94. The number of ether oxygens (including phenoxy) is 1. The summed E-state index contributed by atoms with van der Waals surface area (Å²) in [7, 11) is 0. The summed E-state index contributed by atoms with van der Waals surface area (Å²) in [5.74, 6) is 1.49. The van der Waals surface area contributed by atoms with E-state index in [1.807, 2.05) is 18.2 Å². The molecular formula is C21H25N3O2. The topological polar surface area (TPSA) is 69.9 Å². The number of nitrogens with one attached hydrogen (secondary N) is 3. The van der Waals surface area contributed by atoms with Gasteiger partial charge in [-0.25, -0.2) is 4.79 Å². The molecule has 136 valence electrons. The Hall–Kier alpha value is -2.53. The van der Waals surface area contributed by atoms with Crippen molar-refractivity contribution in [2.75, 3.05) is 13.2 Å². The number of aromatic nitrogens is 2. The number of hydrogen-bond donors (Lipinski definition) is 3. The van der Waals surface area contributed by atoms with Gasteiger partial charge in [0.15, 0.2) is 0 Å².